The number of aryl methyl sites for hydroxylation is 1. The number of rotatable bonds is 2. The van der Waals surface area contributed by atoms with Gasteiger partial charge in [0.25, 0.3) is 0 Å². The van der Waals surface area contributed by atoms with Gasteiger partial charge in [0.05, 0.1) is 12.1 Å². The van der Waals surface area contributed by atoms with Crippen molar-refractivity contribution in [1.82, 2.24) is 0 Å². The average molecular weight is 183 g/mol. The molecule has 0 aliphatic carbocycles. The van der Waals surface area contributed by atoms with E-state index in [2.05, 4.69) is 0 Å². The Hall–Kier alpha value is -0.930. The molecule has 1 aromatic rings. The number of aliphatic hydroxyl groups excluding tert-OH is 1. The molecule has 1 aromatic carbocycles. The Bertz CT molecular complexity index is 299. The van der Waals surface area contributed by atoms with Crippen molar-refractivity contribution in [1.29, 1.82) is 0 Å². The standard InChI is InChI=1S/C10H14FNO/c1-6-3-4-9(11)8(5-6)10(12)7(2)13/h3-5,7,10,13H,12H2,1-2H3/t7?,10-/m0/s1. The van der Waals surface area contributed by atoms with E-state index in [1.165, 1.54) is 6.07 Å². The minimum Gasteiger partial charge on any atom is -0.391 e. The van der Waals surface area contributed by atoms with Crippen LogP contribution in [0.15, 0.2) is 18.2 Å². The summed E-state index contributed by atoms with van der Waals surface area (Å²) in [7, 11) is 0. The van der Waals surface area contributed by atoms with Crippen LogP contribution in [0.4, 0.5) is 4.39 Å². The van der Waals surface area contributed by atoms with Gasteiger partial charge in [-0.2, -0.15) is 0 Å². The van der Waals surface area contributed by atoms with Crippen LogP contribution in [0.1, 0.15) is 24.1 Å². The number of aliphatic hydroxyl groups is 1. The van der Waals surface area contributed by atoms with Gasteiger partial charge in [-0.25, -0.2) is 4.39 Å². The van der Waals surface area contributed by atoms with Gasteiger partial charge in [-0.15, -0.1) is 0 Å². The Morgan fingerprint density at radius 2 is 2.08 bits per heavy atom. The molecule has 13 heavy (non-hydrogen) atoms. The molecule has 0 aromatic heterocycles. The lowest BCUT2D eigenvalue weighted by molar-refractivity contribution is 0.162. The molecule has 1 rings (SSSR count). The van der Waals surface area contributed by atoms with Crippen LogP contribution in [0, 0.1) is 12.7 Å². The van der Waals surface area contributed by atoms with E-state index in [4.69, 9.17) is 5.73 Å². The molecular formula is C10H14FNO. The molecular weight excluding hydrogens is 169 g/mol. The smallest absolute Gasteiger partial charge is 0.128 e. The molecule has 0 aliphatic rings. The summed E-state index contributed by atoms with van der Waals surface area (Å²) in [4.78, 5) is 0. The second kappa shape index (κ2) is 3.85. The van der Waals surface area contributed by atoms with Gasteiger partial charge >= 0.3 is 0 Å². The summed E-state index contributed by atoms with van der Waals surface area (Å²) in [5.74, 6) is -0.362. The molecule has 3 heteroatoms. The van der Waals surface area contributed by atoms with Gasteiger partial charge in [0.15, 0.2) is 0 Å². The van der Waals surface area contributed by atoms with E-state index in [1.807, 2.05) is 6.92 Å². The minimum absolute atomic E-state index is 0.362. The number of nitrogens with two attached hydrogens (primary N) is 1. The number of hydrogen-bond donors (Lipinski definition) is 2. The van der Waals surface area contributed by atoms with Crippen molar-refractivity contribution in [2.24, 2.45) is 5.73 Å². The van der Waals surface area contributed by atoms with E-state index >= 15 is 0 Å². The molecule has 0 saturated heterocycles. The fourth-order valence-corrected chi connectivity index (χ4v) is 1.18. The van der Waals surface area contributed by atoms with Gasteiger partial charge in [0.2, 0.25) is 0 Å². The van der Waals surface area contributed by atoms with Crippen molar-refractivity contribution in [3.05, 3.63) is 35.1 Å². The lowest BCUT2D eigenvalue weighted by Crippen LogP contribution is -2.24. The third-order valence-electron chi connectivity index (χ3n) is 2.03. The topological polar surface area (TPSA) is 46.2 Å². The van der Waals surface area contributed by atoms with E-state index in [0.717, 1.165) is 5.56 Å². The van der Waals surface area contributed by atoms with Gasteiger partial charge in [-0.1, -0.05) is 17.7 Å². The van der Waals surface area contributed by atoms with Crippen LogP contribution in [-0.2, 0) is 0 Å². The van der Waals surface area contributed by atoms with Gasteiger partial charge in [-0.3, -0.25) is 0 Å². The van der Waals surface area contributed by atoms with Crippen molar-refractivity contribution in [2.75, 3.05) is 0 Å². The zero-order valence-electron chi connectivity index (χ0n) is 7.79. The third-order valence-corrected chi connectivity index (χ3v) is 2.03. The van der Waals surface area contributed by atoms with Crippen LogP contribution in [0.3, 0.4) is 0 Å². The first-order valence-corrected chi connectivity index (χ1v) is 4.22. The summed E-state index contributed by atoms with van der Waals surface area (Å²) in [6, 6.07) is 4.05. The van der Waals surface area contributed by atoms with E-state index in [0.29, 0.717) is 5.56 Å². The van der Waals surface area contributed by atoms with Crippen LogP contribution < -0.4 is 5.73 Å². The number of hydrogen-bond acceptors (Lipinski definition) is 2. The summed E-state index contributed by atoms with van der Waals surface area (Å²) in [6.45, 7) is 3.41. The molecule has 0 fully saturated rings. The maximum Gasteiger partial charge on any atom is 0.128 e. The van der Waals surface area contributed by atoms with Crippen molar-refractivity contribution in [3.8, 4) is 0 Å². The molecule has 0 saturated carbocycles. The molecule has 0 bridgehead atoms. The minimum atomic E-state index is -0.740. The zero-order chi connectivity index (χ0) is 10.0. The zero-order valence-corrected chi connectivity index (χ0v) is 7.79. The van der Waals surface area contributed by atoms with Crippen molar-refractivity contribution in [2.45, 2.75) is 26.0 Å². The molecule has 2 nitrogen and oxygen atoms in total. The quantitative estimate of drug-likeness (QED) is 0.730. The molecule has 0 aliphatic heterocycles. The highest BCUT2D eigenvalue weighted by Crippen LogP contribution is 2.19. The molecule has 72 valence electrons. The Labute approximate surface area is 77.2 Å². The second-order valence-electron chi connectivity index (χ2n) is 3.29. The average Bonchev–Trinajstić information content (AvgIpc) is 2.08. The van der Waals surface area contributed by atoms with Gasteiger partial charge < -0.3 is 10.8 Å². The molecule has 0 radical (unpaired) electrons. The first kappa shape index (κ1) is 10.2. The van der Waals surface area contributed by atoms with Crippen LogP contribution in [-0.4, -0.2) is 11.2 Å². The van der Waals surface area contributed by atoms with Crippen LogP contribution >= 0.6 is 0 Å². The van der Waals surface area contributed by atoms with Crippen LogP contribution in [0.5, 0.6) is 0 Å². The first-order chi connectivity index (χ1) is 6.02. The molecule has 0 heterocycles. The second-order valence-corrected chi connectivity index (χ2v) is 3.29. The lowest BCUT2D eigenvalue weighted by Gasteiger charge is -2.16. The van der Waals surface area contributed by atoms with Gasteiger partial charge in [0.1, 0.15) is 5.82 Å². The van der Waals surface area contributed by atoms with E-state index in [1.54, 1.807) is 19.1 Å². The normalized spacial score (nSPS) is 15.5. The van der Waals surface area contributed by atoms with Crippen molar-refractivity contribution < 1.29 is 9.50 Å². The molecule has 1 unspecified atom stereocenters. The fourth-order valence-electron chi connectivity index (χ4n) is 1.18. The summed E-state index contributed by atoms with van der Waals surface area (Å²) < 4.78 is 13.2. The maximum atomic E-state index is 13.2. The summed E-state index contributed by atoms with van der Waals surface area (Å²) in [5, 5.41) is 9.20. The molecule has 3 N–H and O–H groups in total. The highest BCUT2D eigenvalue weighted by molar-refractivity contribution is 5.27. The summed E-state index contributed by atoms with van der Waals surface area (Å²) >= 11 is 0. The van der Waals surface area contributed by atoms with E-state index < -0.39 is 12.1 Å². The fraction of sp³-hybridized carbons (Fsp3) is 0.400. The Balaban J connectivity index is 3.05. The van der Waals surface area contributed by atoms with E-state index in [9.17, 15) is 9.50 Å². The Morgan fingerprint density at radius 1 is 1.46 bits per heavy atom. The summed E-state index contributed by atoms with van der Waals surface area (Å²) in [5.41, 5.74) is 6.93. The largest absolute Gasteiger partial charge is 0.391 e. The van der Waals surface area contributed by atoms with E-state index in [-0.39, 0.29) is 5.82 Å². The number of benzene rings is 1. The predicted octanol–water partition coefficient (Wildman–Crippen LogP) is 1.51. The van der Waals surface area contributed by atoms with Crippen LogP contribution in [0.25, 0.3) is 0 Å². The SMILES string of the molecule is Cc1ccc(F)c([C@@H](N)C(C)O)c1. The van der Waals surface area contributed by atoms with Crippen molar-refractivity contribution in [3.63, 3.8) is 0 Å². The third kappa shape index (κ3) is 2.26. The Kier molecular flexibility index (Phi) is 3.01. The number of halogens is 1. The van der Waals surface area contributed by atoms with Gasteiger partial charge in [0, 0.05) is 5.56 Å². The predicted molar refractivity (Wildman–Crippen MR) is 49.7 cm³/mol. The highest BCUT2D eigenvalue weighted by Gasteiger charge is 2.15. The highest BCUT2D eigenvalue weighted by atomic mass is 19.1. The molecule has 0 amide bonds. The molecule has 0 spiro atoms. The first-order valence-electron chi connectivity index (χ1n) is 4.22. The lowest BCUT2D eigenvalue weighted by atomic mass is 10.0. The summed E-state index contributed by atoms with van der Waals surface area (Å²) in [6.07, 6.45) is -0.740. The van der Waals surface area contributed by atoms with Crippen molar-refractivity contribution >= 4 is 0 Å². The monoisotopic (exact) mass is 183 g/mol. The molecule has 2 atom stereocenters. The maximum absolute atomic E-state index is 13.2. The van der Waals surface area contributed by atoms with Crippen LogP contribution in [0.2, 0.25) is 0 Å². The Morgan fingerprint density at radius 3 is 2.62 bits per heavy atom. The van der Waals surface area contributed by atoms with Gasteiger partial charge in [-0.05, 0) is 19.9 Å².